The van der Waals surface area contributed by atoms with Crippen molar-refractivity contribution < 1.29 is 14.2 Å². The van der Waals surface area contributed by atoms with Crippen LogP contribution < -0.4 is 4.74 Å². The molecule has 1 aromatic carbocycles. The number of ether oxygens (including phenoxy) is 1. The fourth-order valence-electron chi connectivity index (χ4n) is 2.08. The highest BCUT2D eigenvalue weighted by Gasteiger charge is 2.27. The monoisotopic (exact) mass is 289 g/mol. The van der Waals surface area contributed by atoms with Crippen molar-refractivity contribution >= 4 is 0 Å². The lowest BCUT2D eigenvalue weighted by molar-refractivity contribution is 0.101. The molecule has 112 valence electrons. The maximum Gasteiger partial charge on any atom is 0.138 e. The summed E-state index contributed by atoms with van der Waals surface area (Å²) in [6.07, 6.45) is 3.17. The van der Waals surface area contributed by atoms with E-state index in [-0.39, 0.29) is 11.9 Å². The molecule has 0 spiro atoms. The number of hydrogen-bond donors (Lipinski definition) is 1. The Balaban J connectivity index is 2.40. The van der Waals surface area contributed by atoms with E-state index in [2.05, 4.69) is 4.98 Å². The predicted octanol–water partition coefficient (Wildman–Crippen LogP) is 3.57. The zero-order valence-electron chi connectivity index (χ0n) is 12.7. The maximum absolute atomic E-state index is 13.7. The molecule has 0 bridgehead atoms. The number of nitrogens with zero attached hydrogens (tertiary/aromatic N) is 1. The second-order valence-electron chi connectivity index (χ2n) is 5.61. The summed E-state index contributed by atoms with van der Waals surface area (Å²) in [7, 11) is 0. The van der Waals surface area contributed by atoms with Gasteiger partial charge in [-0.25, -0.2) is 4.39 Å². The molecule has 0 saturated carbocycles. The van der Waals surface area contributed by atoms with Crippen LogP contribution in [0.15, 0.2) is 36.7 Å². The van der Waals surface area contributed by atoms with Crippen LogP contribution in [-0.2, 0) is 5.60 Å². The summed E-state index contributed by atoms with van der Waals surface area (Å²) in [5, 5.41) is 10.8. The Morgan fingerprint density at radius 1 is 1.19 bits per heavy atom. The van der Waals surface area contributed by atoms with Crippen LogP contribution in [0.5, 0.6) is 5.75 Å². The molecule has 1 atom stereocenters. The van der Waals surface area contributed by atoms with Crippen LogP contribution in [0, 0.1) is 12.7 Å². The largest absolute Gasteiger partial charge is 0.489 e. The molecule has 0 aliphatic rings. The van der Waals surface area contributed by atoms with E-state index >= 15 is 0 Å². The normalized spacial score (nSPS) is 14.0. The Kier molecular flexibility index (Phi) is 4.28. The van der Waals surface area contributed by atoms with Gasteiger partial charge in [0, 0.05) is 11.8 Å². The molecule has 1 unspecified atom stereocenters. The molecule has 1 aromatic heterocycles. The minimum absolute atomic E-state index is 0.0174. The van der Waals surface area contributed by atoms with Gasteiger partial charge in [0.15, 0.2) is 0 Å². The molecule has 0 radical (unpaired) electrons. The van der Waals surface area contributed by atoms with Gasteiger partial charge >= 0.3 is 0 Å². The summed E-state index contributed by atoms with van der Waals surface area (Å²) in [5.74, 6) is 0.241. The van der Waals surface area contributed by atoms with Crippen LogP contribution in [0.25, 0.3) is 0 Å². The van der Waals surface area contributed by atoms with Crippen LogP contribution in [-0.4, -0.2) is 16.2 Å². The first-order valence-corrected chi connectivity index (χ1v) is 6.92. The molecule has 3 nitrogen and oxygen atoms in total. The Hall–Kier alpha value is -1.94. The minimum atomic E-state index is -1.34. The van der Waals surface area contributed by atoms with Crippen LogP contribution in [0.1, 0.15) is 37.5 Å². The minimum Gasteiger partial charge on any atom is -0.489 e. The van der Waals surface area contributed by atoms with Gasteiger partial charge in [0.05, 0.1) is 12.3 Å². The van der Waals surface area contributed by atoms with Gasteiger partial charge in [-0.2, -0.15) is 0 Å². The first-order chi connectivity index (χ1) is 9.80. The van der Waals surface area contributed by atoms with Gasteiger partial charge in [-0.3, -0.25) is 4.98 Å². The molecule has 0 saturated heterocycles. The van der Waals surface area contributed by atoms with Crippen LogP contribution in [0.4, 0.5) is 4.39 Å². The van der Waals surface area contributed by atoms with Crippen molar-refractivity contribution in [2.24, 2.45) is 0 Å². The highest BCUT2D eigenvalue weighted by atomic mass is 19.1. The van der Waals surface area contributed by atoms with Gasteiger partial charge in [0.2, 0.25) is 0 Å². The summed E-state index contributed by atoms with van der Waals surface area (Å²) in [4.78, 5) is 4.09. The van der Waals surface area contributed by atoms with Gasteiger partial charge in [0.1, 0.15) is 17.2 Å². The number of pyridine rings is 1. The number of benzene rings is 1. The molecule has 4 heteroatoms. The molecule has 1 N–H and O–H groups in total. The molecule has 0 amide bonds. The number of aromatic nitrogens is 1. The van der Waals surface area contributed by atoms with Crippen molar-refractivity contribution in [1.29, 1.82) is 0 Å². The third-order valence-corrected chi connectivity index (χ3v) is 3.38. The Labute approximate surface area is 124 Å². The first kappa shape index (κ1) is 15.4. The Morgan fingerprint density at radius 3 is 2.52 bits per heavy atom. The van der Waals surface area contributed by atoms with Crippen molar-refractivity contribution in [3.8, 4) is 5.75 Å². The number of rotatable bonds is 4. The van der Waals surface area contributed by atoms with E-state index in [1.807, 2.05) is 13.8 Å². The smallest absolute Gasteiger partial charge is 0.138 e. The summed E-state index contributed by atoms with van der Waals surface area (Å²) < 4.78 is 19.3. The van der Waals surface area contributed by atoms with E-state index in [1.54, 1.807) is 44.4 Å². The van der Waals surface area contributed by atoms with Gasteiger partial charge in [0.25, 0.3) is 0 Å². The molecular formula is C17H20FNO2. The molecule has 0 fully saturated rings. The van der Waals surface area contributed by atoms with Crippen molar-refractivity contribution in [2.75, 3.05) is 0 Å². The van der Waals surface area contributed by atoms with Gasteiger partial charge in [-0.05, 0) is 51.0 Å². The van der Waals surface area contributed by atoms with Gasteiger partial charge in [-0.1, -0.05) is 12.1 Å². The third kappa shape index (κ3) is 3.39. The lowest BCUT2D eigenvalue weighted by atomic mass is 9.88. The molecule has 21 heavy (non-hydrogen) atoms. The number of aliphatic hydroxyl groups is 1. The van der Waals surface area contributed by atoms with Crippen LogP contribution >= 0.6 is 0 Å². The van der Waals surface area contributed by atoms with Crippen molar-refractivity contribution in [3.05, 3.63) is 59.2 Å². The summed E-state index contributed by atoms with van der Waals surface area (Å²) in [5.41, 5.74) is 0.250. The average Bonchev–Trinajstić information content (AvgIpc) is 2.41. The first-order valence-electron chi connectivity index (χ1n) is 6.92. The predicted molar refractivity (Wildman–Crippen MR) is 79.8 cm³/mol. The lowest BCUT2D eigenvalue weighted by Crippen LogP contribution is -2.23. The summed E-state index contributed by atoms with van der Waals surface area (Å²) in [6, 6.07) is 6.45. The quantitative estimate of drug-likeness (QED) is 0.935. The summed E-state index contributed by atoms with van der Waals surface area (Å²) >= 11 is 0. The van der Waals surface area contributed by atoms with E-state index in [4.69, 9.17) is 4.74 Å². The van der Waals surface area contributed by atoms with Crippen molar-refractivity contribution in [1.82, 2.24) is 4.98 Å². The fraction of sp³-hybridized carbons (Fsp3) is 0.353. The SMILES string of the molecule is Cc1ccc(C(C)(O)c2cncc(OC(C)C)c2)cc1F. The van der Waals surface area contributed by atoms with E-state index in [9.17, 15) is 9.50 Å². The molecule has 1 heterocycles. The summed E-state index contributed by atoms with van der Waals surface area (Å²) in [6.45, 7) is 7.14. The molecule has 0 aliphatic heterocycles. The van der Waals surface area contributed by atoms with Crippen LogP contribution in [0.3, 0.4) is 0 Å². The zero-order chi connectivity index (χ0) is 15.6. The second-order valence-corrected chi connectivity index (χ2v) is 5.61. The molecular weight excluding hydrogens is 269 g/mol. The lowest BCUT2D eigenvalue weighted by Gasteiger charge is -2.25. The van der Waals surface area contributed by atoms with Crippen molar-refractivity contribution in [2.45, 2.75) is 39.4 Å². The molecule has 0 aliphatic carbocycles. The number of hydrogen-bond acceptors (Lipinski definition) is 3. The Morgan fingerprint density at radius 2 is 1.90 bits per heavy atom. The van der Waals surface area contributed by atoms with E-state index in [0.717, 1.165) is 0 Å². The van der Waals surface area contributed by atoms with E-state index in [0.29, 0.717) is 22.4 Å². The number of aryl methyl sites for hydroxylation is 1. The highest BCUT2D eigenvalue weighted by Crippen LogP contribution is 2.31. The van der Waals surface area contributed by atoms with E-state index < -0.39 is 5.60 Å². The zero-order valence-corrected chi connectivity index (χ0v) is 12.7. The topological polar surface area (TPSA) is 42.4 Å². The second kappa shape index (κ2) is 5.82. The average molecular weight is 289 g/mol. The van der Waals surface area contributed by atoms with E-state index in [1.165, 1.54) is 6.07 Å². The Bertz CT molecular complexity index is 638. The number of halogens is 1. The third-order valence-electron chi connectivity index (χ3n) is 3.38. The van der Waals surface area contributed by atoms with Gasteiger partial charge < -0.3 is 9.84 Å². The standard InChI is InChI=1S/C17H20FNO2/c1-11(2)21-15-7-14(9-19-10-15)17(4,20)13-6-5-12(3)16(18)8-13/h5-11,20H,1-4H3. The molecule has 2 rings (SSSR count). The van der Waals surface area contributed by atoms with Crippen LogP contribution in [0.2, 0.25) is 0 Å². The molecule has 2 aromatic rings. The van der Waals surface area contributed by atoms with Crippen molar-refractivity contribution in [3.63, 3.8) is 0 Å². The highest BCUT2D eigenvalue weighted by molar-refractivity contribution is 5.38. The van der Waals surface area contributed by atoms with Gasteiger partial charge in [-0.15, -0.1) is 0 Å². The maximum atomic E-state index is 13.7. The fourth-order valence-corrected chi connectivity index (χ4v) is 2.08.